The highest BCUT2D eigenvalue weighted by Gasteiger charge is 2.75. The zero-order valence-electron chi connectivity index (χ0n) is 12.5. The summed E-state index contributed by atoms with van der Waals surface area (Å²) in [5.41, 5.74) is -2.24. The maximum Gasteiger partial charge on any atom is 0.183 e. The van der Waals surface area contributed by atoms with E-state index < -0.39 is 34.5 Å². The van der Waals surface area contributed by atoms with E-state index in [0.29, 0.717) is 0 Å². The maximum atomic E-state index is 13.0. The van der Waals surface area contributed by atoms with Gasteiger partial charge in [0, 0.05) is 17.8 Å². The predicted molar refractivity (Wildman–Crippen MR) is 80.4 cm³/mol. The third-order valence-corrected chi connectivity index (χ3v) is 5.85. The number of benzene rings is 1. The minimum Gasteiger partial charge on any atom is -0.298 e. The Kier molecular flexibility index (Phi) is 2.56. The third-order valence-electron chi connectivity index (χ3n) is 5.85. The van der Waals surface area contributed by atoms with Gasteiger partial charge in [0.1, 0.15) is 5.78 Å². The number of fused-ring (bicyclic) bond motifs is 4. The van der Waals surface area contributed by atoms with Crippen LogP contribution in [-0.2, 0) is 4.79 Å². The average molecular weight is 310 g/mol. The first-order chi connectivity index (χ1) is 11.6. The molecule has 0 aliphatic heterocycles. The molecule has 3 aliphatic rings. The van der Waals surface area contributed by atoms with E-state index in [4.69, 9.17) is 0 Å². The van der Waals surface area contributed by atoms with Crippen molar-refractivity contribution in [2.75, 3.05) is 0 Å². The molecule has 5 heteroatoms. The van der Waals surface area contributed by atoms with Gasteiger partial charge in [-0.3, -0.25) is 4.79 Å². The van der Waals surface area contributed by atoms with E-state index in [1.165, 1.54) is 0 Å². The molecule has 0 unspecified atom stereocenters. The Labute approximate surface area is 138 Å². The largest absolute Gasteiger partial charge is 0.298 e. The third kappa shape index (κ3) is 1.19. The van der Waals surface area contributed by atoms with E-state index in [-0.39, 0.29) is 5.78 Å². The first kappa shape index (κ1) is 14.2. The molecule has 5 nitrogen and oxygen atoms in total. The molecule has 112 valence electrons. The van der Waals surface area contributed by atoms with Crippen molar-refractivity contribution in [3.8, 4) is 24.3 Å². The minimum atomic E-state index is -1.88. The van der Waals surface area contributed by atoms with Gasteiger partial charge in [-0.05, 0) is 11.1 Å². The number of ketones is 1. The average Bonchev–Trinajstić information content (AvgIpc) is 2.90. The molecule has 0 aromatic heterocycles. The second-order valence-electron chi connectivity index (χ2n) is 6.49. The molecule has 0 amide bonds. The summed E-state index contributed by atoms with van der Waals surface area (Å²) in [5, 5.41) is 39.4. The lowest BCUT2D eigenvalue weighted by Crippen LogP contribution is -2.39. The normalized spacial score (nSPS) is 32.6. The van der Waals surface area contributed by atoms with Crippen LogP contribution in [0.1, 0.15) is 23.0 Å². The van der Waals surface area contributed by atoms with Crippen LogP contribution in [0.3, 0.4) is 0 Å². The van der Waals surface area contributed by atoms with Crippen LogP contribution in [0.25, 0.3) is 0 Å². The van der Waals surface area contributed by atoms with Crippen molar-refractivity contribution in [1.29, 1.82) is 21.0 Å². The molecule has 0 spiro atoms. The van der Waals surface area contributed by atoms with Gasteiger partial charge in [0.15, 0.2) is 10.8 Å². The number of rotatable bonds is 0. The van der Waals surface area contributed by atoms with Gasteiger partial charge in [-0.2, -0.15) is 21.0 Å². The van der Waals surface area contributed by atoms with E-state index in [0.717, 1.165) is 11.1 Å². The van der Waals surface area contributed by atoms with Crippen molar-refractivity contribution in [2.24, 2.45) is 22.7 Å². The van der Waals surface area contributed by atoms with Crippen LogP contribution >= 0.6 is 0 Å². The minimum absolute atomic E-state index is 0.103. The Morgan fingerprint density at radius 3 is 2.00 bits per heavy atom. The highest BCUT2D eigenvalue weighted by Crippen LogP contribution is 2.69. The number of hydrogen-bond acceptors (Lipinski definition) is 5. The number of Topliss-reactive ketones (excluding diaryl/α,β-unsaturated/α-hetero) is 1. The second kappa shape index (κ2) is 4.32. The Balaban J connectivity index is 2.18. The summed E-state index contributed by atoms with van der Waals surface area (Å²) in [6.45, 7) is 0. The van der Waals surface area contributed by atoms with Crippen LogP contribution in [0.4, 0.5) is 0 Å². The first-order valence-corrected chi connectivity index (χ1v) is 7.57. The van der Waals surface area contributed by atoms with Gasteiger partial charge < -0.3 is 0 Å². The smallest absolute Gasteiger partial charge is 0.183 e. The van der Waals surface area contributed by atoms with Gasteiger partial charge in [-0.25, -0.2) is 0 Å². The summed E-state index contributed by atoms with van der Waals surface area (Å²) in [7, 11) is 0. The number of nitrogens with zero attached hydrogens (tertiary/aromatic N) is 4. The molecule has 0 heterocycles. The van der Waals surface area contributed by atoms with E-state index in [1.807, 2.05) is 36.4 Å². The van der Waals surface area contributed by atoms with Gasteiger partial charge in [0.25, 0.3) is 0 Å². The molecular weight excluding hydrogens is 300 g/mol. The summed E-state index contributed by atoms with van der Waals surface area (Å²) in [4.78, 5) is 13.0. The molecule has 0 N–H and O–H groups in total. The fourth-order valence-corrected chi connectivity index (χ4v) is 4.84. The van der Waals surface area contributed by atoms with Crippen molar-refractivity contribution in [1.82, 2.24) is 0 Å². The lowest BCUT2D eigenvalue weighted by Gasteiger charge is -2.37. The zero-order chi connectivity index (χ0) is 17.1. The highest BCUT2D eigenvalue weighted by atomic mass is 16.1. The van der Waals surface area contributed by atoms with Crippen molar-refractivity contribution < 1.29 is 4.79 Å². The molecule has 1 saturated carbocycles. The number of allylic oxidation sites excluding steroid dienone is 2. The van der Waals surface area contributed by atoms with Crippen LogP contribution < -0.4 is 0 Å². The molecule has 24 heavy (non-hydrogen) atoms. The molecule has 2 bridgehead atoms. The Bertz CT molecular complexity index is 950. The lowest BCUT2D eigenvalue weighted by molar-refractivity contribution is -0.125. The quantitative estimate of drug-likeness (QED) is 0.682. The molecule has 1 aromatic carbocycles. The molecule has 1 aromatic rings. The molecular formula is C19H10N4O. The fourth-order valence-electron chi connectivity index (χ4n) is 4.84. The Morgan fingerprint density at radius 2 is 1.42 bits per heavy atom. The molecule has 1 fully saturated rings. The van der Waals surface area contributed by atoms with Crippen LogP contribution in [0.2, 0.25) is 0 Å². The zero-order valence-corrected chi connectivity index (χ0v) is 12.5. The van der Waals surface area contributed by atoms with Gasteiger partial charge in [-0.15, -0.1) is 0 Å². The summed E-state index contributed by atoms with van der Waals surface area (Å²) in [6.07, 6.45) is 3.41. The molecule has 3 aliphatic carbocycles. The highest BCUT2D eigenvalue weighted by molar-refractivity contribution is 5.96. The molecule has 4 atom stereocenters. The van der Waals surface area contributed by atoms with Gasteiger partial charge in [0.2, 0.25) is 0 Å². The number of hydrogen-bond donors (Lipinski definition) is 0. The first-order valence-electron chi connectivity index (χ1n) is 7.57. The second-order valence-corrected chi connectivity index (χ2v) is 6.49. The standard InChI is InChI=1S/C19H10N4O/c20-7-18(8-21)14-6-5-13-11-3-1-2-4-12(11)16(15(14)17(13)24)19(18,9-22)10-23/h1-6,13-16H/t13-,14+,15-,16-/m1/s1. The van der Waals surface area contributed by atoms with Gasteiger partial charge >= 0.3 is 0 Å². The van der Waals surface area contributed by atoms with Crippen molar-refractivity contribution in [2.45, 2.75) is 11.8 Å². The number of carbonyl (C=O) groups is 1. The Hall–Kier alpha value is -3.41. The monoisotopic (exact) mass is 310 g/mol. The van der Waals surface area contributed by atoms with E-state index in [1.54, 1.807) is 24.3 Å². The predicted octanol–water partition coefficient (Wildman–Crippen LogP) is 2.32. The lowest BCUT2D eigenvalue weighted by atomic mass is 9.60. The van der Waals surface area contributed by atoms with E-state index in [2.05, 4.69) is 0 Å². The molecule has 0 saturated heterocycles. The van der Waals surface area contributed by atoms with E-state index >= 15 is 0 Å². The van der Waals surface area contributed by atoms with Crippen molar-refractivity contribution in [3.05, 3.63) is 47.5 Å². The van der Waals surface area contributed by atoms with Crippen LogP contribution in [0, 0.1) is 68.0 Å². The summed E-state index contributed by atoms with van der Waals surface area (Å²) in [6, 6.07) is 15.1. The van der Waals surface area contributed by atoms with Crippen LogP contribution in [0.15, 0.2) is 36.4 Å². The summed E-state index contributed by atoms with van der Waals surface area (Å²) >= 11 is 0. The van der Waals surface area contributed by atoms with Crippen molar-refractivity contribution >= 4 is 5.78 Å². The van der Waals surface area contributed by atoms with Crippen molar-refractivity contribution in [3.63, 3.8) is 0 Å². The van der Waals surface area contributed by atoms with E-state index in [9.17, 15) is 25.8 Å². The number of carbonyl (C=O) groups excluding carboxylic acids is 1. The van der Waals surface area contributed by atoms with Gasteiger partial charge in [-0.1, -0.05) is 36.4 Å². The molecule has 4 rings (SSSR count). The fraction of sp³-hybridized carbons (Fsp3) is 0.316. The maximum absolute atomic E-state index is 13.0. The Morgan fingerprint density at radius 1 is 0.833 bits per heavy atom. The number of nitriles is 4. The summed E-state index contributed by atoms with van der Waals surface area (Å²) in [5.74, 6) is -2.72. The van der Waals surface area contributed by atoms with Crippen LogP contribution in [0.5, 0.6) is 0 Å². The van der Waals surface area contributed by atoms with Gasteiger partial charge in [0.05, 0.1) is 30.2 Å². The summed E-state index contributed by atoms with van der Waals surface area (Å²) < 4.78 is 0. The SMILES string of the molecule is N#CC1(C#N)[C@@H]2c3ccccc3[C@H]3C=C[C@@H]([C@H]2C3=O)C1(C#N)C#N. The molecule has 0 radical (unpaired) electrons. The topological polar surface area (TPSA) is 112 Å². The van der Waals surface area contributed by atoms with Crippen LogP contribution in [-0.4, -0.2) is 5.78 Å².